The Morgan fingerprint density at radius 2 is 2.00 bits per heavy atom. The summed E-state index contributed by atoms with van der Waals surface area (Å²) in [5, 5.41) is 10.4. The topological polar surface area (TPSA) is 85.8 Å². The summed E-state index contributed by atoms with van der Waals surface area (Å²) in [7, 11) is 0. The van der Waals surface area contributed by atoms with Gasteiger partial charge in [-0.1, -0.05) is 29.4 Å². The molecule has 0 saturated heterocycles. The largest absolute Gasteiger partial charge is 0.471 e. The third kappa shape index (κ3) is 4.21. The SMILES string of the molecule is O=C(NCC1CC1)c1cnn(Cc2ccc(-c3noc(C(F)(F)F)n3)cc2)c1. The van der Waals surface area contributed by atoms with Crippen molar-refractivity contribution in [3.8, 4) is 11.4 Å². The Labute approximate surface area is 157 Å². The number of amides is 1. The van der Waals surface area contributed by atoms with Gasteiger partial charge in [-0.25, -0.2) is 0 Å². The molecule has 1 aliphatic rings. The van der Waals surface area contributed by atoms with Crippen molar-refractivity contribution in [2.75, 3.05) is 6.54 Å². The molecule has 7 nitrogen and oxygen atoms in total. The summed E-state index contributed by atoms with van der Waals surface area (Å²) in [6, 6.07) is 6.67. The number of alkyl halides is 3. The van der Waals surface area contributed by atoms with Gasteiger partial charge in [-0.3, -0.25) is 9.48 Å². The lowest BCUT2D eigenvalue weighted by molar-refractivity contribution is -0.159. The predicted octanol–water partition coefficient (Wildman–Crippen LogP) is 3.14. The maximum atomic E-state index is 12.5. The van der Waals surface area contributed by atoms with Crippen molar-refractivity contribution in [1.29, 1.82) is 0 Å². The van der Waals surface area contributed by atoms with E-state index in [1.165, 1.54) is 6.20 Å². The van der Waals surface area contributed by atoms with Crippen LogP contribution in [0.2, 0.25) is 0 Å². The Morgan fingerprint density at radius 3 is 2.64 bits per heavy atom. The van der Waals surface area contributed by atoms with Crippen molar-refractivity contribution < 1.29 is 22.5 Å². The number of benzene rings is 1. The van der Waals surface area contributed by atoms with E-state index in [4.69, 9.17) is 0 Å². The summed E-state index contributed by atoms with van der Waals surface area (Å²) >= 11 is 0. The minimum atomic E-state index is -4.67. The molecular formula is C18H16F3N5O2. The fraction of sp³-hybridized carbons (Fsp3) is 0.333. The van der Waals surface area contributed by atoms with E-state index >= 15 is 0 Å². The third-order valence-electron chi connectivity index (χ3n) is 4.37. The van der Waals surface area contributed by atoms with Crippen LogP contribution in [0.3, 0.4) is 0 Å². The Bertz CT molecular complexity index is 974. The normalized spacial score (nSPS) is 14.2. The van der Waals surface area contributed by atoms with Gasteiger partial charge in [0.1, 0.15) is 0 Å². The molecular weight excluding hydrogens is 375 g/mol. The molecule has 0 unspecified atom stereocenters. The van der Waals surface area contributed by atoms with Crippen LogP contribution in [-0.4, -0.2) is 32.4 Å². The maximum Gasteiger partial charge on any atom is 0.471 e. The molecule has 0 spiro atoms. The molecule has 0 bridgehead atoms. The number of nitrogens with one attached hydrogen (secondary N) is 1. The molecule has 1 aliphatic carbocycles. The second-order valence-electron chi connectivity index (χ2n) is 6.70. The number of aromatic nitrogens is 4. The van der Waals surface area contributed by atoms with Crippen LogP contribution in [0.5, 0.6) is 0 Å². The molecule has 1 aromatic carbocycles. The Hall–Kier alpha value is -3.17. The number of nitrogens with zero attached hydrogens (tertiary/aromatic N) is 4. The highest BCUT2D eigenvalue weighted by atomic mass is 19.4. The van der Waals surface area contributed by atoms with Gasteiger partial charge < -0.3 is 9.84 Å². The molecule has 0 aliphatic heterocycles. The monoisotopic (exact) mass is 391 g/mol. The quantitative estimate of drug-likeness (QED) is 0.698. The third-order valence-corrected chi connectivity index (χ3v) is 4.37. The lowest BCUT2D eigenvalue weighted by Crippen LogP contribution is -2.25. The molecule has 1 saturated carbocycles. The van der Waals surface area contributed by atoms with E-state index in [9.17, 15) is 18.0 Å². The minimum Gasteiger partial charge on any atom is -0.352 e. The second kappa shape index (κ2) is 7.10. The van der Waals surface area contributed by atoms with Gasteiger partial charge in [0.15, 0.2) is 0 Å². The van der Waals surface area contributed by atoms with Crippen molar-refractivity contribution in [1.82, 2.24) is 25.2 Å². The van der Waals surface area contributed by atoms with Crippen molar-refractivity contribution in [3.05, 3.63) is 53.7 Å². The van der Waals surface area contributed by atoms with Crippen LogP contribution in [0, 0.1) is 5.92 Å². The van der Waals surface area contributed by atoms with Gasteiger partial charge in [0.05, 0.1) is 18.3 Å². The summed E-state index contributed by atoms with van der Waals surface area (Å²) in [5.41, 5.74) is 1.75. The average molecular weight is 391 g/mol. The van der Waals surface area contributed by atoms with E-state index in [0.29, 0.717) is 30.1 Å². The van der Waals surface area contributed by atoms with Gasteiger partial charge in [-0.2, -0.15) is 23.3 Å². The maximum absolute atomic E-state index is 12.5. The highest BCUT2D eigenvalue weighted by Crippen LogP contribution is 2.29. The van der Waals surface area contributed by atoms with Crippen molar-refractivity contribution >= 4 is 5.91 Å². The van der Waals surface area contributed by atoms with Gasteiger partial charge in [0.2, 0.25) is 5.82 Å². The first kappa shape index (κ1) is 18.2. The van der Waals surface area contributed by atoms with Crippen LogP contribution in [0.4, 0.5) is 13.2 Å². The zero-order valence-corrected chi connectivity index (χ0v) is 14.6. The van der Waals surface area contributed by atoms with Gasteiger partial charge in [0.25, 0.3) is 5.91 Å². The zero-order valence-electron chi connectivity index (χ0n) is 14.6. The molecule has 0 atom stereocenters. The van der Waals surface area contributed by atoms with E-state index in [-0.39, 0.29) is 11.7 Å². The molecule has 2 aromatic heterocycles. The molecule has 1 fully saturated rings. The van der Waals surface area contributed by atoms with Gasteiger partial charge in [-0.15, -0.1) is 0 Å². The summed E-state index contributed by atoms with van der Waals surface area (Å²) in [6.45, 7) is 1.11. The lowest BCUT2D eigenvalue weighted by atomic mass is 10.1. The van der Waals surface area contributed by atoms with Crippen LogP contribution >= 0.6 is 0 Å². The average Bonchev–Trinajstić information content (AvgIpc) is 3.15. The fourth-order valence-electron chi connectivity index (χ4n) is 2.63. The Balaban J connectivity index is 1.39. The minimum absolute atomic E-state index is 0.132. The number of hydrogen-bond acceptors (Lipinski definition) is 5. The zero-order chi connectivity index (χ0) is 19.7. The van der Waals surface area contributed by atoms with E-state index in [0.717, 1.165) is 18.4 Å². The smallest absolute Gasteiger partial charge is 0.352 e. The van der Waals surface area contributed by atoms with E-state index in [2.05, 4.69) is 25.1 Å². The fourth-order valence-corrected chi connectivity index (χ4v) is 2.63. The first-order chi connectivity index (χ1) is 13.4. The number of carbonyl (C=O) groups excluding carboxylic acids is 1. The predicted molar refractivity (Wildman–Crippen MR) is 91.1 cm³/mol. The van der Waals surface area contributed by atoms with Gasteiger partial charge >= 0.3 is 12.1 Å². The first-order valence-corrected chi connectivity index (χ1v) is 8.69. The first-order valence-electron chi connectivity index (χ1n) is 8.69. The molecule has 28 heavy (non-hydrogen) atoms. The van der Waals surface area contributed by atoms with Gasteiger partial charge in [0, 0.05) is 18.3 Å². The number of hydrogen-bond donors (Lipinski definition) is 1. The highest BCUT2D eigenvalue weighted by Gasteiger charge is 2.38. The number of carbonyl (C=O) groups is 1. The summed E-state index contributed by atoms with van der Waals surface area (Å²) in [6.07, 6.45) is 0.821. The van der Waals surface area contributed by atoms with Crippen LogP contribution in [0.25, 0.3) is 11.4 Å². The molecule has 4 rings (SSSR count). The molecule has 2 heterocycles. The standard InChI is InChI=1S/C18H16F3N5O2/c19-18(20,21)17-24-15(25-28-17)13-5-3-12(4-6-13)9-26-10-14(8-23-26)16(27)22-7-11-1-2-11/h3-6,8,10-11H,1-2,7,9H2,(H,22,27). The van der Waals surface area contributed by atoms with E-state index in [1.54, 1.807) is 35.1 Å². The number of halogens is 3. The molecule has 1 N–H and O–H groups in total. The lowest BCUT2D eigenvalue weighted by Gasteiger charge is -2.03. The summed E-state index contributed by atoms with van der Waals surface area (Å²) < 4.78 is 43.5. The van der Waals surface area contributed by atoms with Crippen LogP contribution in [0.15, 0.2) is 41.2 Å². The van der Waals surface area contributed by atoms with E-state index < -0.39 is 12.1 Å². The van der Waals surface area contributed by atoms with Crippen molar-refractivity contribution in [2.45, 2.75) is 25.6 Å². The summed E-state index contributed by atoms with van der Waals surface area (Å²) in [5.74, 6) is -1.06. The Morgan fingerprint density at radius 1 is 1.25 bits per heavy atom. The van der Waals surface area contributed by atoms with Crippen LogP contribution in [0.1, 0.15) is 34.7 Å². The molecule has 1 amide bonds. The van der Waals surface area contributed by atoms with Crippen molar-refractivity contribution in [2.24, 2.45) is 5.92 Å². The molecule has 3 aromatic rings. The van der Waals surface area contributed by atoms with E-state index in [1.807, 2.05) is 0 Å². The van der Waals surface area contributed by atoms with Crippen molar-refractivity contribution in [3.63, 3.8) is 0 Å². The summed E-state index contributed by atoms with van der Waals surface area (Å²) in [4.78, 5) is 15.4. The molecule has 10 heteroatoms. The Kier molecular flexibility index (Phi) is 4.62. The van der Waals surface area contributed by atoms with Crippen LogP contribution < -0.4 is 5.32 Å². The van der Waals surface area contributed by atoms with Crippen LogP contribution in [-0.2, 0) is 12.7 Å². The highest BCUT2D eigenvalue weighted by molar-refractivity contribution is 5.93. The molecule has 0 radical (unpaired) electrons. The number of rotatable bonds is 6. The second-order valence-corrected chi connectivity index (χ2v) is 6.70. The molecule has 146 valence electrons. The van der Waals surface area contributed by atoms with Gasteiger partial charge in [-0.05, 0) is 24.3 Å².